The van der Waals surface area contributed by atoms with Crippen molar-refractivity contribution in [1.29, 1.82) is 0 Å². The van der Waals surface area contributed by atoms with Gasteiger partial charge in [0.2, 0.25) is 0 Å². The lowest BCUT2D eigenvalue weighted by Crippen LogP contribution is -1.94. The summed E-state index contributed by atoms with van der Waals surface area (Å²) in [7, 11) is 0. The van der Waals surface area contributed by atoms with Crippen LogP contribution in [-0.2, 0) is 0 Å². The molecule has 0 spiro atoms. The van der Waals surface area contributed by atoms with Gasteiger partial charge in [0.05, 0.1) is 12.5 Å². The minimum absolute atomic E-state index is 0.363. The second-order valence-corrected chi connectivity index (χ2v) is 4.27. The molecule has 0 radical (unpaired) electrons. The highest BCUT2D eigenvalue weighted by Gasteiger charge is 1.98. The van der Waals surface area contributed by atoms with Gasteiger partial charge in [-0.25, -0.2) is 0 Å². The lowest BCUT2D eigenvalue weighted by molar-refractivity contribution is 0.318. The summed E-state index contributed by atoms with van der Waals surface area (Å²) in [5, 5.41) is 2.33. The molecule has 2 aromatic rings. The number of fused-ring (bicyclic) bond motifs is 1. The third-order valence-corrected chi connectivity index (χ3v) is 2.72. The molecule has 0 amide bonds. The molecule has 0 N–H and O–H groups in total. The summed E-state index contributed by atoms with van der Waals surface area (Å²) in [4.78, 5) is 0. The first-order chi connectivity index (χ1) is 8.83. The highest BCUT2D eigenvalue weighted by Crippen LogP contribution is 2.22. The van der Waals surface area contributed by atoms with Gasteiger partial charge < -0.3 is 4.74 Å². The van der Waals surface area contributed by atoms with E-state index in [2.05, 4.69) is 43.0 Å². The molecule has 92 valence electrons. The first kappa shape index (κ1) is 12.8. The molecule has 2 heteroatoms. The van der Waals surface area contributed by atoms with Crippen LogP contribution < -0.4 is 4.74 Å². The van der Waals surface area contributed by atoms with Crippen LogP contribution in [0.15, 0.2) is 36.4 Å². The van der Waals surface area contributed by atoms with Crippen molar-refractivity contribution in [3.63, 3.8) is 0 Å². The van der Waals surface area contributed by atoms with Gasteiger partial charge in [-0.05, 0) is 41.5 Å². The van der Waals surface area contributed by atoms with E-state index in [0.717, 1.165) is 24.3 Å². The molecular formula is C16H15ClO. The average Bonchev–Trinajstić information content (AvgIpc) is 2.42. The van der Waals surface area contributed by atoms with Crippen molar-refractivity contribution in [3.05, 3.63) is 42.0 Å². The zero-order chi connectivity index (χ0) is 12.8. The Hall–Kier alpha value is -1.65. The lowest BCUT2D eigenvalue weighted by Gasteiger charge is -2.06. The Morgan fingerprint density at radius 3 is 2.67 bits per heavy atom. The van der Waals surface area contributed by atoms with Crippen LogP contribution in [0.4, 0.5) is 0 Å². The molecule has 2 rings (SSSR count). The first-order valence-electron chi connectivity index (χ1n) is 6.05. The molecule has 0 fully saturated rings. The van der Waals surface area contributed by atoms with Crippen molar-refractivity contribution >= 4 is 22.4 Å². The van der Waals surface area contributed by atoms with E-state index < -0.39 is 0 Å². The van der Waals surface area contributed by atoms with Crippen LogP contribution in [0.5, 0.6) is 5.75 Å². The normalized spacial score (nSPS) is 9.89. The molecule has 0 heterocycles. The summed E-state index contributed by atoms with van der Waals surface area (Å²) in [6.45, 7) is 2.85. The van der Waals surface area contributed by atoms with Crippen molar-refractivity contribution in [2.24, 2.45) is 0 Å². The quantitative estimate of drug-likeness (QED) is 0.592. The third-order valence-electron chi connectivity index (χ3n) is 2.58. The Kier molecular flexibility index (Phi) is 4.50. The van der Waals surface area contributed by atoms with Crippen molar-refractivity contribution < 1.29 is 4.74 Å². The summed E-state index contributed by atoms with van der Waals surface area (Å²) in [5.74, 6) is 7.16. The topological polar surface area (TPSA) is 9.23 Å². The molecule has 0 aliphatic rings. The Balaban J connectivity index is 2.30. The number of ether oxygens (including phenoxy) is 1. The minimum atomic E-state index is 0.363. The standard InChI is InChI=1S/C16H15ClO/c1-2-10-18-16-8-7-14-11-13(4-3-9-17)5-6-15(14)12-16/h5-8,11-12H,2,9-10H2,1H3. The Bertz CT molecular complexity index is 593. The highest BCUT2D eigenvalue weighted by molar-refractivity contribution is 6.19. The van der Waals surface area contributed by atoms with Crippen LogP contribution in [-0.4, -0.2) is 12.5 Å². The van der Waals surface area contributed by atoms with Crippen LogP contribution in [0.3, 0.4) is 0 Å². The number of benzene rings is 2. The van der Waals surface area contributed by atoms with Gasteiger partial charge in [-0.15, -0.1) is 11.6 Å². The molecule has 0 aliphatic carbocycles. The van der Waals surface area contributed by atoms with Crippen molar-refractivity contribution in [2.45, 2.75) is 13.3 Å². The fourth-order valence-electron chi connectivity index (χ4n) is 1.75. The molecule has 18 heavy (non-hydrogen) atoms. The maximum absolute atomic E-state index is 5.61. The van der Waals surface area contributed by atoms with Crippen molar-refractivity contribution in [3.8, 4) is 17.6 Å². The number of hydrogen-bond acceptors (Lipinski definition) is 1. The van der Waals surface area contributed by atoms with Gasteiger partial charge in [0.15, 0.2) is 0 Å². The van der Waals surface area contributed by atoms with Gasteiger partial charge in [0.1, 0.15) is 5.75 Å². The van der Waals surface area contributed by atoms with E-state index in [0.29, 0.717) is 5.88 Å². The predicted molar refractivity (Wildman–Crippen MR) is 77.3 cm³/mol. The van der Waals surface area contributed by atoms with Crippen LogP contribution in [0, 0.1) is 11.8 Å². The van der Waals surface area contributed by atoms with E-state index in [9.17, 15) is 0 Å². The molecule has 0 aromatic heterocycles. The Labute approximate surface area is 113 Å². The van der Waals surface area contributed by atoms with E-state index in [-0.39, 0.29) is 0 Å². The average molecular weight is 259 g/mol. The Morgan fingerprint density at radius 2 is 1.89 bits per heavy atom. The molecule has 0 saturated carbocycles. The zero-order valence-corrected chi connectivity index (χ0v) is 11.1. The number of rotatable bonds is 3. The van der Waals surface area contributed by atoms with Crippen LogP contribution in [0.2, 0.25) is 0 Å². The van der Waals surface area contributed by atoms with Crippen molar-refractivity contribution in [1.82, 2.24) is 0 Å². The first-order valence-corrected chi connectivity index (χ1v) is 6.58. The number of alkyl halides is 1. The number of hydrogen-bond donors (Lipinski definition) is 0. The molecule has 1 nitrogen and oxygen atoms in total. The largest absolute Gasteiger partial charge is 0.494 e. The molecule has 0 unspecified atom stereocenters. The van der Waals surface area contributed by atoms with Crippen LogP contribution in [0.25, 0.3) is 10.8 Å². The summed E-state index contributed by atoms with van der Waals surface area (Å²) in [6.07, 6.45) is 1.02. The van der Waals surface area contributed by atoms with E-state index in [1.807, 2.05) is 12.1 Å². The predicted octanol–water partition coefficient (Wildman–Crippen LogP) is 4.22. The molecule has 0 bridgehead atoms. The second kappa shape index (κ2) is 6.33. The summed E-state index contributed by atoms with van der Waals surface area (Å²) >= 11 is 5.55. The smallest absolute Gasteiger partial charge is 0.119 e. The number of halogens is 1. The van der Waals surface area contributed by atoms with Gasteiger partial charge in [0, 0.05) is 5.56 Å². The van der Waals surface area contributed by atoms with E-state index in [1.165, 1.54) is 10.8 Å². The SMILES string of the molecule is CCCOc1ccc2cc(C#CCCl)ccc2c1. The van der Waals surface area contributed by atoms with E-state index >= 15 is 0 Å². The van der Waals surface area contributed by atoms with Gasteiger partial charge >= 0.3 is 0 Å². The minimum Gasteiger partial charge on any atom is -0.494 e. The Morgan fingerprint density at radius 1 is 1.11 bits per heavy atom. The van der Waals surface area contributed by atoms with Gasteiger partial charge in [-0.3, -0.25) is 0 Å². The molecule has 0 aliphatic heterocycles. The monoisotopic (exact) mass is 258 g/mol. The maximum Gasteiger partial charge on any atom is 0.119 e. The summed E-state index contributed by atoms with van der Waals surface area (Å²) in [5.41, 5.74) is 0.991. The molecule has 0 atom stereocenters. The maximum atomic E-state index is 5.61. The lowest BCUT2D eigenvalue weighted by atomic mass is 10.1. The molecular weight excluding hydrogens is 244 g/mol. The van der Waals surface area contributed by atoms with Gasteiger partial charge in [-0.1, -0.05) is 30.9 Å². The summed E-state index contributed by atoms with van der Waals surface area (Å²) in [6, 6.07) is 12.3. The zero-order valence-electron chi connectivity index (χ0n) is 10.4. The van der Waals surface area contributed by atoms with Gasteiger partial charge in [-0.2, -0.15) is 0 Å². The fraction of sp³-hybridized carbons (Fsp3) is 0.250. The fourth-order valence-corrected chi connectivity index (χ4v) is 1.81. The summed E-state index contributed by atoms with van der Waals surface area (Å²) < 4.78 is 5.61. The van der Waals surface area contributed by atoms with Crippen LogP contribution >= 0.6 is 11.6 Å². The second-order valence-electron chi connectivity index (χ2n) is 4.01. The highest BCUT2D eigenvalue weighted by atomic mass is 35.5. The van der Waals surface area contributed by atoms with E-state index in [4.69, 9.17) is 16.3 Å². The molecule has 0 saturated heterocycles. The third kappa shape index (κ3) is 3.18. The molecule has 2 aromatic carbocycles. The van der Waals surface area contributed by atoms with Gasteiger partial charge in [0.25, 0.3) is 0 Å². The van der Waals surface area contributed by atoms with Crippen molar-refractivity contribution in [2.75, 3.05) is 12.5 Å². The van der Waals surface area contributed by atoms with Crippen LogP contribution in [0.1, 0.15) is 18.9 Å². The van der Waals surface area contributed by atoms with E-state index in [1.54, 1.807) is 0 Å².